The number of rotatable bonds is 1. The van der Waals surface area contributed by atoms with Gasteiger partial charge in [0.2, 0.25) is 0 Å². The Kier molecular flexibility index (Phi) is 49.4. The maximum absolute atomic E-state index is 4.19. The molecule has 20 heavy (non-hydrogen) atoms. The van der Waals surface area contributed by atoms with Crippen LogP contribution in [-0.4, -0.2) is 42.8 Å². The minimum absolute atomic E-state index is 0. The molecule has 0 aliphatic carbocycles. The van der Waals surface area contributed by atoms with Gasteiger partial charge in [-0.1, -0.05) is 12.1 Å². The number of aromatic nitrogens is 2. The van der Waals surface area contributed by atoms with Crippen molar-refractivity contribution >= 4 is 0 Å². The van der Waals surface area contributed by atoms with Crippen LogP contribution >= 0.6 is 0 Å². The van der Waals surface area contributed by atoms with Crippen LogP contribution in [0.15, 0.2) is 48.8 Å². The van der Waals surface area contributed by atoms with Crippen LogP contribution in [-0.2, 0) is 19.5 Å². The number of halogens is 1. The van der Waals surface area contributed by atoms with E-state index >= 15 is 0 Å². The molecular formula is C10H20ClN2O6Ru+. The van der Waals surface area contributed by atoms with Gasteiger partial charge < -0.3 is 45.3 Å². The molecular weight excluding hydrogens is 381 g/mol. The Morgan fingerprint density at radius 1 is 0.550 bits per heavy atom. The summed E-state index contributed by atoms with van der Waals surface area (Å²) in [5.74, 6) is 0. The summed E-state index contributed by atoms with van der Waals surface area (Å²) in [5, 5.41) is 0. The first kappa shape index (κ1) is 42.8. The standard InChI is InChI=1S/C10H8N2.ClH.6H2O.Ru/c1-3-7-11-9(5-1)10-6-2-4-8-12-10;;;;;;;;/h1-8H;1H;6*1H2;/q;;;;;;;;+2/p-1. The molecule has 0 saturated heterocycles. The van der Waals surface area contributed by atoms with Gasteiger partial charge in [-0.15, -0.1) is 0 Å². The zero-order chi connectivity index (χ0) is 8.23. The van der Waals surface area contributed by atoms with Crippen molar-refractivity contribution in [3.63, 3.8) is 0 Å². The Balaban J connectivity index is -0.0000000422. The van der Waals surface area contributed by atoms with Gasteiger partial charge in [0.25, 0.3) is 0 Å². The summed E-state index contributed by atoms with van der Waals surface area (Å²) in [6.45, 7) is 0. The van der Waals surface area contributed by atoms with E-state index in [0.29, 0.717) is 0 Å². The van der Waals surface area contributed by atoms with Crippen LogP contribution in [0, 0.1) is 0 Å². The fourth-order valence-electron chi connectivity index (χ4n) is 1.03. The molecule has 2 aromatic heterocycles. The van der Waals surface area contributed by atoms with E-state index in [2.05, 4.69) is 9.97 Å². The van der Waals surface area contributed by atoms with Crippen molar-refractivity contribution in [3.05, 3.63) is 48.8 Å². The van der Waals surface area contributed by atoms with Crippen LogP contribution in [0.2, 0.25) is 0 Å². The van der Waals surface area contributed by atoms with E-state index in [1.54, 1.807) is 12.4 Å². The molecule has 0 amide bonds. The average Bonchev–Trinajstić information content (AvgIpc) is 2.21. The number of hydrogen-bond acceptors (Lipinski definition) is 2. The van der Waals surface area contributed by atoms with Gasteiger partial charge in [0, 0.05) is 12.4 Å². The maximum Gasteiger partial charge on any atom is 2.00 e. The average molecular weight is 401 g/mol. The van der Waals surface area contributed by atoms with E-state index in [0.717, 1.165) is 11.4 Å². The van der Waals surface area contributed by atoms with Crippen LogP contribution in [0.25, 0.3) is 11.4 Å². The van der Waals surface area contributed by atoms with E-state index in [-0.39, 0.29) is 64.7 Å². The second-order valence-electron chi connectivity index (χ2n) is 2.43. The van der Waals surface area contributed by atoms with Gasteiger partial charge >= 0.3 is 19.5 Å². The third kappa shape index (κ3) is 12.0. The van der Waals surface area contributed by atoms with Gasteiger partial charge in [-0.25, -0.2) is 0 Å². The summed E-state index contributed by atoms with van der Waals surface area (Å²) in [6, 6.07) is 11.6. The normalized spacial score (nSPS) is 5.80. The molecule has 12 N–H and O–H groups in total. The number of hydrogen-bond donors (Lipinski definition) is 0. The molecule has 0 spiro atoms. The van der Waals surface area contributed by atoms with Gasteiger partial charge in [0.15, 0.2) is 0 Å². The fourth-order valence-corrected chi connectivity index (χ4v) is 1.03. The Labute approximate surface area is 135 Å². The van der Waals surface area contributed by atoms with E-state index < -0.39 is 0 Å². The topological polar surface area (TPSA) is 215 Å². The second-order valence-corrected chi connectivity index (χ2v) is 2.43. The van der Waals surface area contributed by atoms with Crippen LogP contribution in [0.4, 0.5) is 0 Å². The fraction of sp³-hybridized carbons (Fsp3) is 0. The van der Waals surface area contributed by atoms with E-state index in [1.165, 1.54) is 0 Å². The van der Waals surface area contributed by atoms with Crippen LogP contribution in [0.3, 0.4) is 0 Å². The first-order valence-electron chi connectivity index (χ1n) is 3.79. The molecule has 8 nitrogen and oxygen atoms in total. The first-order chi connectivity index (χ1) is 5.97. The van der Waals surface area contributed by atoms with E-state index in [1.807, 2.05) is 36.4 Å². The van der Waals surface area contributed by atoms with Crippen molar-refractivity contribution in [1.29, 1.82) is 0 Å². The molecule has 0 radical (unpaired) electrons. The summed E-state index contributed by atoms with van der Waals surface area (Å²) in [5.41, 5.74) is 1.83. The smallest absolute Gasteiger partial charge is 1.00 e. The molecule has 0 aromatic carbocycles. The second kappa shape index (κ2) is 23.1. The Morgan fingerprint density at radius 3 is 1.05 bits per heavy atom. The molecule has 0 atom stereocenters. The summed E-state index contributed by atoms with van der Waals surface area (Å²) >= 11 is 0. The molecule has 2 rings (SSSR count). The van der Waals surface area contributed by atoms with Crippen LogP contribution in [0.5, 0.6) is 0 Å². The number of nitrogens with zero attached hydrogens (tertiary/aromatic N) is 2. The molecule has 2 aromatic rings. The molecule has 0 fully saturated rings. The Morgan fingerprint density at radius 2 is 0.850 bits per heavy atom. The molecule has 10 heteroatoms. The van der Waals surface area contributed by atoms with Crippen molar-refractivity contribution < 1.29 is 64.7 Å². The largest absolute Gasteiger partial charge is 2.00 e. The van der Waals surface area contributed by atoms with Gasteiger partial charge in [-0.3, -0.25) is 9.97 Å². The van der Waals surface area contributed by atoms with Gasteiger partial charge in [0.1, 0.15) is 0 Å². The predicted molar refractivity (Wildman–Crippen MR) is 69.2 cm³/mol. The van der Waals surface area contributed by atoms with Crippen LogP contribution < -0.4 is 12.4 Å². The summed E-state index contributed by atoms with van der Waals surface area (Å²) in [4.78, 5) is 8.37. The van der Waals surface area contributed by atoms with Crippen molar-refractivity contribution in [2.75, 3.05) is 0 Å². The predicted octanol–water partition coefficient (Wildman–Crippen LogP) is -5.80. The molecule has 0 aliphatic heterocycles. The number of pyridine rings is 2. The Bertz CT molecular complexity index is 333. The SMILES string of the molecule is O.O.O.O.O.O.[Cl-].[Ru+2].c1ccc(-c2ccccn2)nc1. The summed E-state index contributed by atoms with van der Waals surface area (Å²) in [7, 11) is 0. The summed E-state index contributed by atoms with van der Waals surface area (Å²) < 4.78 is 0. The molecule has 2 heterocycles. The molecule has 0 saturated carbocycles. The van der Waals surface area contributed by atoms with Crippen molar-refractivity contribution in [1.82, 2.24) is 9.97 Å². The zero-order valence-corrected chi connectivity index (χ0v) is 12.7. The quantitative estimate of drug-likeness (QED) is 0.427. The molecule has 120 valence electrons. The van der Waals surface area contributed by atoms with E-state index in [4.69, 9.17) is 0 Å². The monoisotopic (exact) mass is 401 g/mol. The van der Waals surface area contributed by atoms with Crippen molar-refractivity contribution in [2.24, 2.45) is 0 Å². The van der Waals surface area contributed by atoms with E-state index in [9.17, 15) is 0 Å². The third-order valence-corrected chi connectivity index (χ3v) is 1.59. The van der Waals surface area contributed by atoms with Gasteiger partial charge in [-0.2, -0.15) is 0 Å². The molecule has 0 aliphatic rings. The minimum Gasteiger partial charge on any atom is -1.00 e. The minimum atomic E-state index is 0. The van der Waals surface area contributed by atoms with Gasteiger partial charge in [0.05, 0.1) is 11.4 Å². The first-order valence-corrected chi connectivity index (χ1v) is 3.79. The Hall–Kier alpha value is -1.03. The zero-order valence-electron chi connectivity index (χ0n) is 10.2. The van der Waals surface area contributed by atoms with Gasteiger partial charge in [-0.05, 0) is 24.3 Å². The van der Waals surface area contributed by atoms with Crippen molar-refractivity contribution in [2.45, 2.75) is 0 Å². The molecule has 0 bridgehead atoms. The van der Waals surface area contributed by atoms with Crippen molar-refractivity contribution in [3.8, 4) is 11.4 Å². The summed E-state index contributed by atoms with van der Waals surface area (Å²) in [6.07, 6.45) is 3.54. The third-order valence-electron chi connectivity index (χ3n) is 1.59. The molecule has 0 unspecified atom stereocenters. The van der Waals surface area contributed by atoms with Crippen LogP contribution in [0.1, 0.15) is 0 Å². The maximum atomic E-state index is 4.19.